The molecule has 0 aliphatic carbocycles. The highest BCUT2D eigenvalue weighted by molar-refractivity contribution is 5.96. The summed E-state index contributed by atoms with van der Waals surface area (Å²) in [6, 6.07) is 4.14. The van der Waals surface area contributed by atoms with Crippen molar-refractivity contribution in [2.24, 2.45) is 5.92 Å². The van der Waals surface area contributed by atoms with Crippen LogP contribution in [0, 0.1) is 5.92 Å². The number of ether oxygens (including phenoxy) is 2. The number of carbonyl (C=O) groups is 1. The Kier molecular flexibility index (Phi) is 3.48. The summed E-state index contributed by atoms with van der Waals surface area (Å²) < 4.78 is 10.5. The first-order valence-electron chi connectivity index (χ1n) is 6.64. The van der Waals surface area contributed by atoms with Crippen molar-refractivity contribution in [2.45, 2.75) is 24.9 Å². The fourth-order valence-electron chi connectivity index (χ4n) is 2.91. The zero-order valence-electron chi connectivity index (χ0n) is 11.0. The zero-order valence-corrected chi connectivity index (χ0v) is 11.0. The Bertz CT molecular complexity index is 448. The van der Waals surface area contributed by atoms with Crippen molar-refractivity contribution in [3.8, 4) is 5.75 Å². The molecule has 1 N–H and O–H groups in total. The smallest absolute Gasteiger partial charge is 0.184 e. The summed E-state index contributed by atoms with van der Waals surface area (Å²) in [5.41, 5.74) is 0.534. The first-order chi connectivity index (χ1) is 9.26. The summed E-state index contributed by atoms with van der Waals surface area (Å²) in [7, 11) is 1.59. The van der Waals surface area contributed by atoms with E-state index in [9.17, 15) is 4.79 Å². The van der Waals surface area contributed by atoms with E-state index in [4.69, 9.17) is 9.47 Å². The maximum atomic E-state index is 12.5. The number of hydrogen-bond donors (Lipinski definition) is 1. The number of nitrogens with one attached hydrogen (secondary N) is 1. The van der Waals surface area contributed by atoms with E-state index in [0.717, 1.165) is 12.8 Å². The molecule has 102 valence electrons. The maximum Gasteiger partial charge on any atom is 0.184 e. The Hall–Kier alpha value is -1.46. The Morgan fingerprint density at radius 3 is 2.68 bits per heavy atom. The topological polar surface area (TPSA) is 60.5 Å². The van der Waals surface area contributed by atoms with E-state index in [1.807, 2.05) is 0 Å². The summed E-state index contributed by atoms with van der Waals surface area (Å²) in [6.45, 7) is 1.41. The largest absolute Gasteiger partial charge is 0.495 e. The number of ketones is 1. The second kappa shape index (κ2) is 5.27. The number of Topliss-reactive ketones (excluding diaryl/α,β-unsaturated/α-hetero) is 1. The van der Waals surface area contributed by atoms with Crippen LogP contribution in [0.15, 0.2) is 18.3 Å². The first kappa shape index (κ1) is 12.6. The average molecular weight is 262 g/mol. The van der Waals surface area contributed by atoms with Gasteiger partial charge in [0.1, 0.15) is 11.4 Å². The monoisotopic (exact) mass is 262 g/mol. The molecule has 0 radical (unpaired) electrons. The van der Waals surface area contributed by atoms with Crippen molar-refractivity contribution in [2.75, 3.05) is 20.3 Å². The van der Waals surface area contributed by atoms with Gasteiger partial charge >= 0.3 is 0 Å². The molecule has 19 heavy (non-hydrogen) atoms. The molecular formula is C14H18N2O3. The molecule has 2 fully saturated rings. The van der Waals surface area contributed by atoms with Gasteiger partial charge in [-0.2, -0.15) is 0 Å². The normalized spacial score (nSPS) is 29.8. The minimum absolute atomic E-state index is 0.0565. The van der Waals surface area contributed by atoms with E-state index in [0.29, 0.717) is 36.7 Å². The van der Waals surface area contributed by atoms with Gasteiger partial charge in [0.25, 0.3) is 0 Å². The highest BCUT2D eigenvalue weighted by Gasteiger charge is 2.35. The van der Waals surface area contributed by atoms with E-state index >= 15 is 0 Å². The van der Waals surface area contributed by atoms with E-state index < -0.39 is 0 Å². The highest BCUT2D eigenvalue weighted by atomic mass is 16.5. The van der Waals surface area contributed by atoms with Crippen molar-refractivity contribution in [1.82, 2.24) is 10.3 Å². The number of rotatable bonds is 3. The van der Waals surface area contributed by atoms with Crippen LogP contribution in [0.5, 0.6) is 5.75 Å². The van der Waals surface area contributed by atoms with Gasteiger partial charge in [-0.05, 0) is 25.0 Å². The van der Waals surface area contributed by atoms with Crippen LogP contribution in [0.25, 0.3) is 0 Å². The SMILES string of the molecule is COc1ccc(C(=O)C2CC3COCC(C2)N3)nc1. The summed E-state index contributed by atoms with van der Waals surface area (Å²) in [5.74, 6) is 0.870. The summed E-state index contributed by atoms with van der Waals surface area (Å²) in [4.78, 5) is 16.7. The minimum Gasteiger partial charge on any atom is -0.495 e. The quantitative estimate of drug-likeness (QED) is 0.825. The number of aromatic nitrogens is 1. The van der Waals surface area contributed by atoms with Crippen molar-refractivity contribution < 1.29 is 14.3 Å². The lowest BCUT2D eigenvalue weighted by molar-refractivity contribution is 0.00943. The van der Waals surface area contributed by atoms with Crippen molar-refractivity contribution in [3.63, 3.8) is 0 Å². The third-order valence-electron chi connectivity index (χ3n) is 3.84. The molecule has 0 saturated carbocycles. The molecule has 2 atom stereocenters. The Labute approximate surface area is 112 Å². The third kappa shape index (κ3) is 2.62. The van der Waals surface area contributed by atoms with Gasteiger partial charge in [0.15, 0.2) is 5.78 Å². The van der Waals surface area contributed by atoms with Gasteiger partial charge in [-0.15, -0.1) is 0 Å². The molecular weight excluding hydrogens is 244 g/mol. The van der Waals surface area contributed by atoms with Crippen LogP contribution in [0.2, 0.25) is 0 Å². The maximum absolute atomic E-state index is 12.5. The first-order valence-corrected chi connectivity index (χ1v) is 6.64. The third-order valence-corrected chi connectivity index (χ3v) is 3.84. The average Bonchev–Trinajstić information content (AvgIpc) is 2.46. The molecule has 0 spiro atoms. The van der Waals surface area contributed by atoms with Crippen LogP contribution < -0.4 is 10.1 Å². The fraction of sp³-hybridized carbons (Fsp3) is 0.571. The second-order valence-corrected chi connectivity index (χ2v) is 5.21. The highest BCUT2D eigenvalue weighted by Crippen LogP contribution is 2.26. The second-order valence-electron chi connectivity index (χ2n) is 5.21. The number of morpholine rings is 1. The van der Waals surface area contributed by atoms with E-state index in [1.54, 1.807) is 25.4 Å². The molecule has 2 aliphatic rings. The van der Waals surface area contributed by atoms with Crippen molar-refractivity contribution in [3.05, 3.63) is 24.0 Å². The van der Waals surface area contributed by atoms with Gasteiger partial charge in [-0.3, -0.25) is 4.79 Å². The summed E-state index contributed by atoms with van der Waals surface area (Å²) in [6.07, 6.45) is 3.27. The predicted octanol–water partition coefficient (Wildman–Crippen LogP) is 1.04. The lowest BCUT2D eigenvalue weighted by Gasteiger charge is -2.39. The predicted molar refractivity (Wildman–Crippen MR) is 69.4 cm³/mol. The van der Waals surface area contributed by atoms with Gasteiger partial charge < -0.3 is 14.8 Å². The van der Waals surface area contributed by atoms with Crippen molar-refractivity contribution in [1.29, 1.82) is 0 Å². The molecule has 3 rings (SSSR count). The molecule has 1 aromatic rings. The van der Waals surface area contributed by atoms with E-state index in [2.05, 4.69) is 10.3 Å². The Morgan fingerprint density at radius 2 is 2.11 bits per heavy atom. The van der Waals surface area contributed by atoms with Gasteiger partial charge in [0.2, 0.25) is 0 Å². The van der Waals surface area contributed by atoms with E-state index in [-0.39, 0.29) is 11.7 Å². The van der Waals surface area contributed by atoms with Crippen molar-refractivity contribution >= 4 is 5.78 Å². The summed E-state index contributed by atoms with van der Waals surface area (Å²) in [5, 5.41) is 3.49. The molecule has 1 aromatic heterocycles. The molecule has 5 nitrogen and oxygen atoms in total. The number of hydrogen-bond acceptors (Lipinski definition) is 5. The molecule has 3 heterocycles. The van der Waals surface area contributed by atoms with E-state index in [1.165, 1.54) is 0 Å². The number of nitrogens with zero attached hydrogens (tertiary/aromatic N) is 1. The number of methoxy groups -OCH3 is 1. The van der Waals surface area contributed by atoms with Crippen LogP contribution in [0.4, 0.5) is 0 Å². The fourth-order valence-corrected chi connectivity index (χ4v) is 2.91. The van der Waals surface area contributed by atoms with Gasteiger partial charge in [0, 0.05) is 18.0 Å². The number of pyridine rings is 1. The minimum atomic E-state index is 0.0565. The Morgan fingerprint density at radius 1 is 1.37 bits per heavy atom. The summed E-state index contributed by atoms with van der Waals surface area (Å²) >= 11 is 0. The number of piperidine rings is 1. The number of fused-ring (bicyclic) bond motifs is 2. The van der Waals surface area contributed by atoms with Crippen LogP contribution in [0.1, 0.15) is 23.3 Å². The lowest BCUT2D eigenvalue weighted by Crippen LogP contribution is -2.55. The molecule has 0 aromatic carbocycles. The van der Waals surface area contributed by atoms with Crippen LogP contribution in [0.3, 0.4) is 0 Å². The Balaban J connectivity index is 1.72. The van der Waals surface area contributed by atoms with Gasteiger partial charge in [-0.1, -0.05) is 0 Å². The van der Waals surface area contributed by atoms with Crippen LogP contribution >= 0.6 is 0 Å². The lowest BCUT2D eigenvalue weighted by atomic mass is 9.83. The molecule has 5 heteroatoms. The van der Waals surface area contributed by atoms with Crippen LogP contribution in [-0.4, -0.2) is 43.2 Å². The molecule has 2 unspecified atom stereocenters. The van der Waals surface area contributed by atoms with Gasteiger partial charge in [0.05, 0.1) is 26.5 Å². The number of carbonyl (C=O) groups excluding carboxylic acids is 1. The molecule has 2 saturated heterocycles. The van der Waals surface area contributed by atoms with Gasteiger partial charge in [-0.25, -0.2) is 4.98 Å². The standard InChI is InChI=1S/C14H18N2O3/c1-18-12-2-3-13(15-6-12)14(17)9-4-10-7-19-8-11(5-9)16-10/h2-3,6,9-11,16H,4-5,7-8H2,1H3. The molecule has 0 amide bonds. The molecule has 2 aliphatic heterocycles. The zero-order chi connectivity index (χ0) is 13.2. The van der Waals surface area contributed by atoms with Crippen LogP contribution in [-0.2, 0) is 4.74 Å². The molecule has 2 bridgehead atoms.